The van der Waals surface area contributed by atoms with Crippen molar-refractivity contribution in [3.63, 3.8) is 0 Å². The molecular weight excluding hydrogens is 409 g/mol. The first-order chi connectivity index (χ1) is 14.1. The van der Waals surface area contributed by atoms with Gasteiger partial charge in [-0.3, -0.25) is 4.79 Å². The molecule has 0 aliphatic rings. The van der Waals surface area contributed by atoms with E-state index in [0.29, 0.717) is 0 Å². The minimum atomic E-state index is -4.74. The molecule has 1 aromatic carbocycles. The highest BCUT2D eigenvalue weighted by molar-refractivity contribution is 5.96. The van der Waals surface area contributed by atoms with Crippen LogP contribution < -0.4 is 5.32 Å². The molecule has 2 atom stereocenters. The van der Waals surface area contributed by atoms with E-state index in [1.54, 1.807) is 13.8 Å². The summed E-state index contributed by atoms with van der Waals surface area (Å²) >= 11 is 0. The van der Waals surface area contributed by atoms with E-state index in [0.717, 1.165) is 0 Å². The summed E-state index contributed by atoms with van der Waals surface area (Å²) in [5.74, 6) is -2.71. The first-order valence-electron chi connectivity index (χ1n) is 8.80. The second-order valence-corrected chi connectivity index (χ2v) is 6.01. The van der Waals surface area contributed by atoms with Crippen LogP contribution in [0.15, 0.2) is 33.9 Å². The average Bonchev–Trinajstić information content (AvgIpc) is 3.19. The number of carbonyl (C=O) groups is 2. The smallest absolute Gasteiger partial charge is 0.463 e. The van der Waals surface area contributed by atoms with Crippen LogP contribution in [0.3, 0.4) is 0 Å². The van der Waals surface area contributed by atoms with Crippen molar-refractivity contribution in [2.45, 2.75) is 39.1 Å². The summed E-state index contributed by atoms with van der Waals surface area (Å²) < 4.78 is 46.5. The fourth-order valence-electron chi connectivity index (χ4n) is 2.07. The van der Waals surface area contributed by atoms with Crippen LogP contribution in [-0.4, -0.2) is 47.0 Å². The number of amides is 1. The van der Waals surface area contributed by atoms with E-state index in [4.69, 9.17) is 9.57 Å². The highest BCUT2D eigenvalue weighted by atomic mass is 19.4. The number of aromatic nitrogens is 2. The summed E-state index contributed by atoms with van der Waals surface area (Å²) in [5, 5.41) is 9.54. The minimum Gasteiger partial charge on any atom is -0.463 e. The lowest BCUT2D eigenvalue weighted by molar-refractivity contribution is -0.159. The van der Waals surface area contributed by atoms with Crippen molar-refractivity contribution in [2.75, 3.05) is 6.61 Å². The number of hydrogen-bond donors (Lipinski definition) is 1. The zero-order valence-corrected chi connectivity index (χ0v) is 16.3. The number of nitrogens with zero attached hydrogens (tertiary/aromatic N) is 3. The molecule has 0 spiro atoms. The second-order valence-electron chi connectivity index (χ2n) is 6.01. The third-order valence-electron chi connectivity index (χ3n) is 3.55. The molecule has 162 valence electrons. The molecular formula is C18H19F3N4O5. The van der Waals surface area contributed by atoms with Crippen molar-refractivity contribution >= 4 is 18.1 Å². The van der Waals surface area contributed by atoms with Gasteiger partial charge in [0, 0.05) is 11.1 Å². The van der Waals surface area contributed by atoms with E-state index in [2.05, 4.69) is 25.1 Å². The summed E-state index contributed by atoms with van der Waals surface area (Å²) in [6.07, 6.45) is -4.33. The number of ether oxygens (including phenoxy) is 1. The van der Waals surface area contributed by atoms with Crippen molar-refractivity contribution in [1.29, 1.82) is 0 Å². The van der Waals surface area contributed by atoms with Gasteiger partial charge in [-0.2, -0.15) is 18.2 Å². The lowest BCUT2D eigenvalue weighted by atomic mass is 10.1. The zero-order chi connectivity index (χ0) is 22.3. The van der Waals surface area contributed by atoms with Crippen molar-refractivity contribution in [3.8, 4) is 11.4 Å². The molecule has 0 fully saturated rings. The summed E-state index contributed by atoms with van der Waals surface area (Å²) in [7, 11) is 0. The number of halogens is 3. The molecule has 9 nitrogen and oxygen atoms in total. The van der Waals surface area contributed by atoms with Crippen molar-refractivity contribution in [3.05, 3.63) is 35.7 Å². The van der Waals surface area contributed by atoms with Gasteiger partial charge in [0.05, 0.1) is 18.9 Å². The summed E-state index contributed by atoms with van der Waals surface area (Å²) in [6, 6.07) is 5.05. The summed E-state index contributed by atoms with van der Waals surface area (Å²) in [6.45, 7) is 4.99. The Bertz CT molecular complexity index is 896. The number of esters is 1. The Labute approximate surface area is 169 Å². The van der Waals surface area contributed by atoms with Gasteiger partial charge in [0.15, 0.2) is 0 Å². The molecule has 0 saturated heterocycles. The van der Waals surface area contributed by atoms with Gasteiger partial charge < -0.3 is 19.4 Å². The fourth-order valence-corrected chi connectivity index (χ4v) is 2.07. The van der Waals surface area contributed by atoms with Crippen molar-refractivity contribution in [1.82, 2.24) is 15.5 Å². The molecule has 1 amide bonds. The van der Waals surface area contributed by atoms with Crippen LogP contribution in [0.25, 0.3) is 11.4 Å². The Morgan fingerprint density at radius 3 is 2.50 bits per heavy atom. The number of alkyl halides is 3. The van der Waals surface area contributed by atoms with Gasteiger partial charge in [-0.15, -0.1) is 0 Å². The number of benzene rings is 1. The van der Waals surface area contributed by atoms with Crippen LogP contribution in [0, 0.1) is 0 Å². The second kappa shape index (κ2) is 9.85. The first-order valence-corrected chi connectivity index (χ1v) is 8.80. The predicted octanol–water partition coefficient (Wildman–Crippen LogP) is 2.83. The summed E-state index contributed by atoms with van der Waals surface area (Å²) in [4.78, 5) is 31.9. The van der Waals surface area contributed by atoms with Crippen LogP contribution in [-0.2, 0) is 20.5 Å². The van der Waals surface area contributed by atoms with Gasteiger partial charge in [0.2, 0.25) is 11.9 Å². The maximum Gasteiger partial charge on any atom is 0.471 e. The number of hydrogen-bond acceptors (Lipinski definition) is 8. The van der Waals surface area contributed by atoms with E-state index in [-0.39, 0.29) is 23.6 Å². The van der Waals surface area contributed by atoms with Crippen LogP contribution in [0.2, 0.25) is 0 Å². The topological polar surface area (TPSA) is 116 Å². The molecule has 0 saturated carbocycles. The van der Waals surface area contributed by atoms with Gasteiger partial charge >= 0.3 is 18.0 Å². The monoisotopic (exact) mass is 428 g/mol. The standard InChI is InChI=1S/C18H19F3N4O5/c1-4-28-16(27)11(3)29-22-9-10(2)23-15(26)13-7-5-12(6-8-13)14-24-17(30-25-14)18(19,20)21/h5-11H,4H2,1-3H3,(H,23,26)/t10?,11-/m1/s1. The lowest BCUT2D eigenvalue weighted by Crippen LogP contribution is -2.33. The number of rotatable bonds is 8. The molecule has 0 bridgehead atoms. The third kappa shape index (κ3) is 6.29. The van der Waals surface area contributed by atoms with Crippen LogP contribution >= 0.6 is 0 Å². The maximum absolute atomic E-state index is 12.5. The van der Waals surface area contributed by atoms with E-state index >= 15 is 0 Å². The molecule has 0 radical (unpaired) electrons. The normalized spacial score (nSPS) is 13.7. The van der Waals surface area contributed by atoms with Gasteiger partial charge in [-0.05, 0) is 32.9 Å². The highest BCUT2D eigenvalue weighted by Crippen LogP contribution is 2.29. The average molecular weight is 428 g/mol. The molecule has 30 heavy (non-hydrogen) atoms. The predicted molar refractivity (Wildman–Crippen MR) is 97.3 cm³/mol. The van der Waals surface area contributed by atoms with Crippen LogP contribution in [0.1, 0.15) is 37.0 Å². The van der Waals surface area contributed by atoms with Gasteiger partial charge in [-0.25, -0.2) is 4.79 Å². The van der Waals surface area contributed by atoms with E-state index in [9.17, 15) is 22.8 Å². The molecule has 2 rings (SSSR count). The molecule has 0 aliphatic heterocycles. The Morgan fingerprint density at radius 2 is 1.93 bits per heavy atom. The zero-order valence-electron chi connectivity index (χ0n) is 16.3. The Kier molecular flexibility index (Phi) is 7.50. The largest absolute Gasteiger partial charge is 0.471 e. The van der Waals surface area contributed by atoms with Crippen molar-refractivity contribution in [2.24, 2.45) is 5.16 Å². The van der Waals surface area contributed by atoms with Crippen LogP contribution in [0.5, 0.6) is 0 Å². The highest BCUT2D eigenvalue weighted by Gasteiger charge is 2.38. The molecule has 1 unspecified atom stereocenters. The summed E-state index contributed by atoms with van der Waals surface area (Å²) in [5.41, 5.74) is 0.501. The lowest BCUT2D eigenvalue weighted by Gasteiger charge is -2.11. The molecule has 0 aliphatic carbocycles. The molecule has 1 aromatic heterocycles. The fraction of sp³-hybridized carbons (Fsp3) is 0.389. The number of nitrogens with one attached hydrogen (secondary N) is 1. The minimum absolute atomic E-state index is 0.220. The van der Waals surface area contributed by atoms with Crippen LogP contribution in [0.4, 0.5) is 13.2 Å². The maximum atomic E-state index is 12.5. The van der Waals surface area contributed by atoms with Gasteiger partial charge in [-0.1, -0.05) is 22.4 Å². The molecule has 1 heterocycles. The van der Waals surface area contributed by atoms with E-state index < -0.39 is 36.1 Å². The Morgan fingerprint density at radius 1 is 1.27 bits per heavy atom. The van der Waals surface area contributed by atoms with E-state index in [1.807, 2.05) is 0 Å². The van der Waals surface area contributed by atoms with Gasteiger partial charge in [0.25, 0.3) is 5.91 Å². The van der Waals surface area contributed by atoms with Crippen molar-refractivity contribution < 1.29 is 36.9 Å². The van der Waals surface area contributed by atoms with E-state index in [1.165, 1.54) is 37.4 Å². The molecule has 1 N–H and O–H groups in total. The first kappa shape index (κ1) is 22.8. The molecule has 2 aromatic rings. The Balaban J connectivity index is 1.92. The van der Waals surface area contributed by atoms with Gasteiger partial charge in [0.1, 0.15) is 0 Å². The molecule has 12 heteroatoms. The number of carbonyl (C=O) groups excluding carboxylic acids is 2. The Hall–Kier alpha value is -3.44. The quantitative estimate of drug-likeness (QED) is 0.390. The SMILES string of the molecule is CCOC(=O)[C@@H](C)ON=CC(C)NC(=O)c1ccc(-c2noc(C(F)(F)F)n2)cc1. The number of oxime groups is 1. The third-order valence-corrected chi connectivity index (χ3v) is 3.55.